The summed E-state index contributed by atoms with van der Waals surface area (Å²) in [6, 6.07) is 6.34. The lowest BCUT2D eigenvalue weighted by molar-refractivity contribution is -0.112. The van der Waals surface area contributed by atoms with Crippen molar-refractivity contribution in [3.05, 3.63) is 83.2 Å². The average molecular weight is 515 g/mol. The number of alkyl halides is 2. The maximum atomic E-state index is 15.4. The third-order valence-electron chi connectivity index (χ3n) is 6.59. The predicted molar refractivity (Wildman–Crippen MR) is 135 cm³/mol. The van der Waals surface area contributed by atoms with E-state index in [1.54, 1.807) is 0 Å². The van der Waals surface area contributed by atoms with Crippen LogP contribution >= 0.6 is 0 Å². The van der Waals surface area contributed by atoms with E-state index in [0.717, 1.165) is 18.3 Å². The van der Waals surface area contributed by atoms with Crippen molar-refractivity contribution < 1.29 is 27.2 Å². The summed E-state index contributed by atoms with van der Waals surface area (Å²) in [6.07, 6.45) is -0.345. The van der Waals surface area contributed by atoms with Crippen LogP contribution in [0.25, 0.3) is 11.1 Å². The average Bonchev–Trinajstić information content (AvgIpc) is 2.86. The van der Waals surface area contributed by atoms with Gasteiger partial charge in [-0.25, -0.2) is 17.6 Å². The maximum Gasteiger partial charge on any atom is 0.264 e. The van der Waals surface area contributed by atoms with Gasteiger partial charge in [0.2, 0.25) is 0 Å². The van der Waals surface area contributed by atoms with Crippen LogP contribution in [0.3, 0.4) is 0 Å². The Kier molecular flexibility index (Phi) is 7.49. The maximum absolute atomic E-state index is 15.4. The molecule has 0 aromatic heterocycles. The fourth-order valence-corrected chi connectivity index (χ4v) is 4.34. The first-order valence-electron chi connectivity index (χ1n) is 11.6. The predicted octanol–water partition coefficient (Wildman–Crippen LogP) is 4.72. The number of dihydropyridines is 1. The van der Waals surface area contributed by atoms with E-state index in [9.17, 15) is 22.8 Å². The molecule has 0 aliphatic carbocycles. The van der Waals surface area contributed by atoms with Crippen molar-refractivity contribution in [3.8, 4) is 11.1 Å². The first kappa shape index (κ1) is 26.2. The van der Waals surface area contributed by atoms with E-state index < -0.39 is 29.5 Å². The lowest BCUT2D eigenvalue weighted by Gasteiger charge is -2.39. The lowest BCUT2D eigenvalue weighted by Crippen LogP contribution is -2.50. The quantitative estimate of drug-likeness (QED) is 0.432. The third-order valence-corrected chi connectivity index (χ3v) is 6.59. The van der Waals surface area contributed by atoms with Crippen molar-refractivity contribution in [1.29, 1.82) is 0 Å². The Hall–Kier alpha value is -3.92. The highest BCUT2D eigenvalue weighted by molar-refractivity contribution is 6.09. The minimum Gasteiger partial charge on any atom is -0.367 e. The van der Waals surface area contributed by atoms with E-state index in [1.165, 1.54) is 24.3 Å². The van der Waals surface area contributed by atoms with Crippen molar-refractivity contribution in [1.82, 2.24) is 10.2 Å². The van der Waals surface area contributed by atoms with Gasteiger partial charge in [-0.15, -0.1) is 0 Å². The normalized spacial score (nSPS) is 18.3. The molecule has 10 heteroatoms. The number of nitrogens with zero attached hydrogens (tertiary/aromatic N) is 2. The van der Waals surface area contributed by atoms with Crippen molar-refractivity contribution >= 4 is 23.6 Å². The van der Waals surface area contributed by atoms with Crippen molar-refractivity contribution in [2.24, 2.45) is 0 Å². The number of carbonyl (C=O) groups is 2. The smallest absolute Gasteiger partial charge is 0.264 e. The summed E-state index contributed by atoms with van der Waals surface area (Å²) >= 11 is 0. The number of benzene rings is 2. The lowest BCUT2D eigenvalue weighted by atomic mass is 9.99. The molecule has 6 nitrogen and oxygen atoms in total. The van der Waals surface area contributed by atoms with Gasteiger partial charge in [-0.3, -0.25) is 9.59 Å². The SMILES string of the molecule is C=C1C=C(C(F)F)C(C(=O)Nc2cc(-c3ccc(F)c(C=O)c3)c(F)cc2N2CCN(C)C(C)C2)=CN1. The van der Waals surface area contributed by atoms with Crippen LogP contribution in [0.15, 0.2) is 66.0 Å². The molecule has 0 spiro atoms. The second-order valence-corrected chi connectivity index (χ2v) is 9.06. The number of halogens is 4. The van der Waals surface area contributed by atoms with Gasteiger partial charge in [0.25, 0.3) is 12.3 Å². The zero-order valence-electron chi connectivity index (χ0n) is 20.3. The monoisotopic (exact) mass is 514 g/mol. The zero-order valence-corrected chi connectivity index (χ0v) is 20.3. The van der Waals surface area contributed by atoms with Gasteiger partial charge >= 0.3 is 0 Å². The van der Waals surface area contributed by atoms with Gasteiger partial charge < -0.3 is 20.4 Å². The van der Waals surface area contributed by atoms with Gasteiger partial charge in [0.15, 0.2) is 6.29 Å². The van der Waals surface area contributed by atoms with Crippen LogP contribution in [0.1, 0.15) is 17.3 Å². The molecule has 1 amide bonds. The number of amides is 1. The molecule has 0 bridgehead atoms. The standard InChI is InChI=1S/C27H26F4N4O2/c1-15-8-20(26(30)31)21(12-32-15)27(37)33-24-10-19(17-4-5-22(28)18(9-17)14-36)23(29)11-25(24)35-7-6-34(3)16(2)13-35/h4-5,8-12,14,16,26,32H,1,6-7,13H2,2-3H3,(H,33,37). The summed E-state index contributed by atoms with van der Waals surface area (Å²) in [6.45, 7) is 7.37. The number of hydrogen-bond donors (Lipinski definition) is 2. The van der Waals surface area contributed by atoms with Crippen LogP contribution in [-0.4, -0.2) is 56.2 Å². The summed E-state index contributed by atoms with van der Waals surface area (Å²) in [7, 11) is 1.97. The largest absolute Gasteiger partial charge is 0.367 e. The molecule has 2 aromatic rings. The van der Waals surface area contributed by atoms with Gasteiger partial charge in [0, 0.05) is 48.7 Å². The molecule has 0 radical (unpaired) electrons. The third kappa shape index (κ3) is 5.43. The molecule has 2 N–H and O–H groups in total. The van der Waals surface area contributed by atoms with E-state index in [0.29, 0.717) is 31.6 Å². The van der Waals surface area contributed by atoms with Crippen molar-refractivity contribution in [3.63, 3.8) is 0 Å². The molecule has 37 heavy (non-hydrogen) atoms. The van der Waals surface area contributed by atoms with E-state index in [4.69, 9.17) is 0 Å². The molecule has 2 heterocycles. The summed E-state index contributed by atoms with van der Waals surface area (Å²) in [5.74, 6) is -2.22. The fourth-order valence-electron chi connectivity index (χ4n) is 4.34. The highest BCUT2D eigenvalue weighted by Crippen LogP contribution is 2.36. The van der Waals surface area contributed by atoms with Crippen LogP contribution in [0, 0.1) is 11.6 Å². The summed E-state index contributed by atoms with van der Waals surface area (Å²) in [5, 5.41) is 5.33. The Bertz CT molecular complexity index is 1320. The van der Waals surface area contributed by atoms with E-state index >= 15 is 4.39 Å². The molecule has 1 fully saturated rings. The number of aldehydes is 1. The summed E-state index contributed by atoms with van der Waals surface area (Å²) in [5.41, 5.74) is -0.00720. The number of allylic oxidation sites excluding steroid dienone is 1. The minimum absolute atomic E-state index is 0.0121. The van der Waals surface area contributed by atoms with Crippen LogP contribution in [0.4, 0.5) is 28.9 Å². The van der Waals surface area contributed by atoms with Gasteiger partial charge in [-0.05, 0) is 49.9 Å². The molecule has 2 aliphatic heterocycles. The van der Waals surface area contributed by atoms with Gasteiger partial charge in [0.05, 0.1) is 22.5 Å². The van der Waals surface area contributed by atoms with Crippen molar-refractivity contribution in [2.75, 3.05) is 36.9 Å². The second-order valence-electron chi connectivity index (χ2n) is 9.06. The summed E-state index contributed by atoms with van der Waals surface area (Å²) in [4.78, 5) is 28.5. The van der Waals surface area contributed by atoms with Crippen LogP contribution < -0.4 is 15.5 Å². The van der Waals surface area contributed by atoms with Gasteiger partial charge in [0.1, 0.15) is 11.6 Å². The highest BCUT2D eigenvalue weighted by atomic mass is 19.3. The molecule has 4 rings (SSSR count). The molecule has 194 valence electrons. The Labute approximate surface area is 211 Å². The Morgan fingerprint density at radius 3 is 2.62 bits per heavy atom. The topological polar surface area (TPSA) is 64.7 Å². The van der Waals surface area contributed by atoms with E-state index in [2.05, 4.69) is 22.1 Å². The summed E-state index contributed by atoms with van der Waals surface area (Å²) < 4.78 is 56.6. The number of likely N-dealkylation sites (N-methyl/N-ethyl adjacent to an activating group) is 1. The zero-order chi connectivity index (χ0) is 26.9. The number of rotatable bonds is 6. The molecule has 2 aromatic carbocycles. The van der Waals surface area contributed by atoms with Gasteiger partial charge in [-0.1, -0.05) is 12.6 Å². The second kappa shape index (κ2) is 10.6. The highest BCUT2D eigenvalue weighted by Gasteiger charge is 2.28. The van der Waals surface area contributed by atoms with Crippen molar-refractivity contribution in [2.45, 2.75) is 19.4 Å². The number of anilines is 2. The minimum atomic E-state index is -2.92. The van der Waals surface area contributed by atoms with Crippen LogP contribution in [0.5, 0.6) is 0 Å². The first-order valence-corrected chi connectivity index (χ1v) is 11.6. The number of carbonyl (C=O) groups excluding carboxylic acids is 2. The molecule has 1 atom stereocenters. The Morgan fingerprint density at radius 1 is 1.19 bits per heavy atom. The Balaban J connectivity index is 1.78. The molecule has 1 saturated heterocycles. The number of piperazine rings is 1. The molecule has 0 saturated carbocycles. The molecule has 1 unspecified atom stereocenters. The molecular weight excluding hydrogens is 488 g/mol. The molecular formula is C27H26F4N4O2. The van der Waals surface area contributed by atoms with Crippen LogP contribution in [-0.2, 0) is 4.79 Å². The van der Waals surface area contributed by atoms with E-state index in [-0.39, 0.29) is 39.7 Å². The number of nitrogens with one attached hydrogen (secondary N) is 2. The molecule has 2 aliphatic rings. The Morgan fingerprint density at radius 2 is 1.95 bits per heavy atom. The van der Waals surface area contributed by atoms with Crippen LogP contribution in [0.2, 0.25) is 0 Å². The number of hydrogen-bond acceptors (Lipinski definition) is 5. The van der Waals surface area contributed by atoms with Gasteiger partial charge in [-0.2, -0.15) is 0 Å². The first-order chi connectivity index (χ1) is 17.6. The van der Waals surface area contributed by atoms with E-state index in [1.807, 2.05) is 18.9 Å². The fraction of sp³-hybridized carbons (Fsp3) is 0.259.